The number of hydrogen-bond donors (Lipinski definition) is 2. The molecule has 161 valence electrons. The van der Waals surface area contributed by atoms with E-state index < -0.39 is 29.4 Å². The maximum atomic E-state index is 13.4. The van der Waals surface area contributed by atoms with Crippen LogP contribution in [0.5, 0.6) is 0 Å². The number of nitrogens with zero attached hydrogens (tertiary/aromatic N) is 2. The fourth-order valence-electron chi connectivity index (χ4n) is 4.35. The maximum Gasteiger partial charge on any atom is 0.416 e. The lowest BCUT2D eigenvalue weighted by molar-refractivity contribution is -0.137. The summed E-state index contributed by atoms with van der Waals surface area (Å²) in [6, 6.07) is 15.6. The third-order valence-corrected chi connectivity index (χ3v) is 5.95. The van der Waals surface area contributed by atoms with E-state index in [0.717, 1.165) is 12.1 Å². The average molecular weight is 436 g/mol. The predicted molar refractivity (Wildman–Crippen MR) is 110 cm³/mol. The van der Waals surface area contributed by atoms with Crippen molar-refractivity contribution in [3.05, 3.63) is 101 Å². The zero-order chi connectivity index (χ0) is 22.7. The lowest BCUT2D eigenvalue weighted by Crippen LogP contribution is -2.46. The molecule has 8 heteroatoms. The second kappa shape index (κ2) is 6.93. The average Bonchev–Trinajstić information content (AvgIpc) is 3.34. The first kappa shape index (κ1) is 20.3. The number of halogens is 3. The van der Waals surface area contributed by atoms with Crippen molar-refractivity contribution in [3.8, 4) is 0 Å². The van der Waals surface area contributed by atoms with Crippen molar-refractivity contribution in [1.82, 2.24) is 14.9 Å². The first-order valence-corrected chi connectivity index (χ1v) is 9.90. The molecular weight excluding hydrogens is 419 g/mol. The van der Waals surface area contributed by atoms with Crippen molar-refractivity contribution in [3.63, 3.8) is 0 Å². The molecule has 1 aliphatic heterocycles. The molecule has 2 atom stereocenters. The van der Waals surface area contributed by atoms with Gasteiger partial charge in [0.15, 0.2) is 12.1 Å². The van der Waals surface area contributed by atoms with Crippen LogP contribution < -0.4 is 0 Å². The Kier molecular flexibility index (Phi) is 4.39. The molecule has 0 spiro atoms. The molecule has 0 bridgehead atoms. The van der Waals surface area contributed by atoms with Crippen LogP contribution in [-0.2, 0) is 11.9 Å². The molecule has 2 heterocycles. The highest BCUT2D eigenvalue weighted by molar-refractivity contribution is 6.00. The van der Waals surface area contributed by atoms with E-state index in [1.54, 1.807) is 49.4 Å². The Morgan fingerprint density at radius 3 is 2.66 bits per heavy atom. The van der Waals surface area contributed by atoms with Crippen molar-refractivity contribution in [2.45, 2.75) is 24.9 Å². The van der Waals surface area contributed by atoms with Gasteiger partial charge in [0, 0.05) is 16.7 Å². The van der Waals surface area contributed by atoms with Gasteiger partial charge in [0.1, 0.15) is 0 Å². The highest BCUT2D eigenvalue weighted by Gasteiger charge is 2.52. The highest BCUT2D eigenvalue weighted by Crippen LogP contribution is 2.47. The summed E-state index contributed by atoms with van der Waals surface area (Å²) in [5, 5.41) is 12.0. The molecular formula is C24H17F3N3O2. The van der Waals surface area contributed by atoms with Crippen LogP contribution in [0.15, 0.2) is 66.7 Å². The summed E-state index contributed by atoms with van der Waals surface area (Å²) < 4.78 is 39.9. The van der Waals surface area contributed by atoms with Gasteiger partial charge >= 0.3 is 6.18 Å². The highest BCUT2D eigenvalue weighted by atomic mass is 19.4. The smallest absolute Gasteiger partial charge is 0.363 e. The van der Waals surface area contributed by atoms with Crippen molar-refractivity contribution in [2.75, 3.05) is 0 Å². The van der Waals surface area contributed by atoms with E-state index in [4.69, 9.17) is 0 Å². The zero-order valence-corrected chi connectivity index (χ0v) is 16.8. The Morgan fingerprint density at radius 2 is 1.88 bits per heavy atom. The van der Waals surface area contributed by atoms with Crippen LogP contribution in [0.25, 0.3) is 11.0 Å². The lowest BCUT2D eigenvalue weighted by atomic mass is 9.92. The fraction of sp³-hybridized carbons (Fsp3) is 0.167. The molecule has 32 heavy (non-hydrogen) atoms. The Morgan fingerprint density at radius 1 is 1.09 bits per heavy atom. The summed E-state index contributed by atoms with van der Waals surface area (Å²) in [5.74, 6) is -0.471. The molecule has 3 aromatic carbocycles. The van der Waals surface area contributed by atoms with Gasteiger partial charge in [-0.3, -0.25) is 9.69 Å². The van der Waals surface area contributed by atoms with Gasteiger partial charge in [-0.2, -0.15) is 13.2 Å². The topological polar surface area (TPSA) is 69.2 Å². The van der Waals surface area contributed by atoms with Gasteiger partial charge in [0.2, 0.25) is 0 Å². The largest absolute Gasteiger partial charge is 0.416 e. The Bertz CT molecular complexity index is 1350. The zero-order valence-electron chi connectivity index (χ0n) is 16.8. The van der Waals surface area contributed by atoms with E-state index in [2.05, 4.69) is 16.3 Å². The summed E-state index contributed by atoms with van der Waals surface area (Å²) >= 11 is 0. The Hall–Kier alpha value is -3.65. The van der Waals surface area contributed by atoms with Crippen molar-refractivity contribution < 1.29 is 23.1 Å². The minimum absolute atomic E-state index is 0.258. The third-order valence-electron chi connectivity index (χ3n) is 5.95. The summed E-state index contributed by atoms with van der Waals surface area (Å²) in [5.41, 5.74) is -0.176. The molecule has 0 aliphatic carbocycles. The molecule has 2 N–H and O–H groups in total. The van der Waals surface area contributed by atoms with Crippen LogP contribution in [0, 0.1) is 6.33 Å². The number of aromatic amines is 1. The summed E-state index contributed by atoms with van der Waals surface area (Å²) in [4.78, 5) is 21.6. The number of nitrogens with one attached hydrogen (secondary N) is 1. The van der Waals surface area contributed by atoms with Gasteiger partial charge in [0.25, 0.3) is 5.91 Å². The van der Waals surface area contributed by atoms with E-state index in [1.165, 1.54) is 17.0 Å². The number of H-pyrrole nitrogens is 1. The molecule has 1 radical (unpaired) electrons. The van der Waals surface area contributed by atoms with E-state index >= 15 is 0 Å². The minimum Gasteiger partial charge on any atom is -0.363 e. The molecule has 0 fully saturated rings. The minimum atomic E-state index is -4.52. The summed E-state index contributed by atoms with van der Waals surface area (Å²) in [6.07, 6.45) is -1.89. The first-order valence-electron chi connectivity index (χ1n) is 9.90. The van der Waals surface area contributed by atoms with Crippen LogP contribution in [0.1, 0.15) is 45.6 Å². The second-order valence-electron chi connectivity index (χ2n) is 7.77. The van der Waals surface area contributed by atoms with Gasteiger partial charge < -0.3 is 10.1 Å². The Labute approximate surface area is 181 Å². The van der Waals surface area contributed by atoms with Crippen molar-refractivity contribution in [1.29, 1.82) is 0 Å². The van der Waals surface area contributed by atoms with Gasteiger partial charge in [-0.15, -0.1) is 0 Å². The third kappa shape index (κ3) is 2.90. The quantitative estimate of drug-likeness (QED) is 0.485. The van der Waals surface area contributed by atoms with Gasteiger partial charge in [-0.05, 0) is 42.8 Å². The monoisotopic (exact) mass is 436 g/mol. The number of carbonyl (C=O) groups is 1. The van der Waals surface area contributed by atoms with E-state index in [1.807, 2.05) is 0 Å². The fourth-order valence-corrected chi connectivity index (χ4v) is 4.35. The summed E-state index contributed by atoms with van der Waals surface area (Å²) in [7, 11) is 0. The standard InChI is InChI=1S/C24H17F3N3O2/c1-14(15-5-4-6-17(11-15)24(25,26)27)30-22(31)18-7-2-3-8-19(18)23(30,32)16-9-10-20-21(12-16)29-13-28-20/h2-12,14,32H,1H3,(H,28,29). The molecule has 1 aliphatic rings. The number of carbonyl (C=O) groups excluding carboxylic acids is 1. The van der Waals surface area contributed by atoms with Crippen LogP contribution in [0.2, 0.25) is 0 Å². The number of aromatic nitrogens is 2. The van der Waals surface area contributed by atoms with E-state index in [9.17, 15) is 23.1 Å². The van der Waals surface area contributed by atoms with Crippen LogP contribution >= 0.6 is 0 Å². The maximum absolute atomic E-state index is 13.4. The number of alkyl halides is 3. The number of hydrogen-bond acceptors (Lipinski definition) is 3. The number of aliphatic hydroxyl groups is 1. The first-order chi connectivity index (χ1) is 15.2. The number of amides is 1. The SMILES string of the molecule is CC(c1cccc(C(F)(F)F)c1)N1C(=O)c2ccccc2C1(O)c1ccc2[nH][c]nc2c1. The van der Waals surface area contributed by atoms with E-state index in [-0.39, 0.29) is 5.56 Å². The van der Waals surface area contributed by atoms with Crippen molar-refractivity contribution in [2.24, 2.45) is 0 Å². The predicted octanol–water partition coefficient (Wildman–Crippen LogP) is 4.79. The summed E-state index contributed by atoms with van der Waals surface area (Å²) in [6.45, 7) is 1.60. The number of fused-ring (bicyclic) bond motifs is 2. The van der Waals surface area contributed by atoms with Gasteiger partial charge in [-0.1, -0.05) is 36.4 Å². The second-order valence-corrected chi connectivity index (χ2v) is 7.77. The van der Waals surface area contributed by atoms with Crippen LogP contribution in [-0.4, -0.2) is 25.9 Å². The van der Waals surface area contributed by atoms with Crippen LogP contribution in [0.3, 0.4) is 0 Å². The van der Waals surface area contributed by atoms with Gasteiger partial charge in [-0.25, -0.2) is 4.98 Å². The van der Waals surface area contributed by atoms with Crippen molar-refractivity contribution >= 4 is 16.9 Å². The number of imidazole rings is 1. The van der Waals surface area contributed by atoms with Crippen LogP contribution in [0.4, 0.5) is 13.2 Å². The molecule has 4 aromatic rings. The number of rotatable bonds is 3. The molecule has 1 amide bonds. The Balaban J connectivity index is 1.69. The van der Waals surface area contributed by atoms with Gasteiger partial charge in [0.05, 0.1) is 22.6 Å². The molecule has 0 saturated carbocycles. The van der Waals surface area contributed by atoms with E-state index in [0.29, 0.717) is 27.7 Å². The molecule has 1 aromatic heterocycles. The number of benzene rings is 3. The molecule has 5 rings (SSSR count). The molecule has 2 unspecified atom stereocenters. The molecule has 5 nitrogen and oxygen atoms in total. The molecule has 0 saturated heterocycles. The normalized spacial score (nSPS) is 19.4. The lowest BCUT2D eigenvalue weighted by Gasteiger charge is -2.39.